The Morgan fingerprint density at radius 1 is 1.41 bits per heavy atom. The van der Waals surface area contributed by atoms with E-state index in [9.17, 15) is 4.79 Å². The molecular formula is C11H13N5O. The van der Waals surface area contributed by atoms with Crippen molar-refractivity contribution in [3.63, 3.8) is 0 Å². The van der Waals surface area contributed by atoms with Crippen LogP contribution in [0.25, 0.3) is 0 Å². The average Bonchev–Trinajstić information content (AvgIpc) is 2.59. The molecule has 1 N–H and O–H groups in total. The summed E-state index contributed by atoms with van der Waals surface area (Å²) in [5.41, 5.74) is 2.07. The SMILES string of the molecule is Cc1ccnc(NC(=O)c2cc(C)n(C)n2)n1. The topological polar surface area (TPSA) is 72.7 Å². The third kappa shape index (κ3) is 2.47. The highest BCUT2D eigenvalue weighted by molar-refractivity contribution is 6.01. The van der Waals surface area contributed by atoms with Gasteiger partial charge in [-0.25, -0.2) is 9.97 Å². The largest absolute Gasteiger partial charge is 0.289 e. The lowest BCUT2D eigenvalue weighted by Crippen LogP contribution is -2.15. The summed E-state index contributed by atoms with van der Waals surface area (Å²) >= 11 is 0. The van der Waals surface area contributed by atoms with Crippen LogP contribution in [-0.2, 0) is 7.05 Å². The molecule has 0 saturated heterocycles. The molecule has 2 heterocycles. The number of aromatic nitrogens is 4. The number of hydrogen-bond donors (Lipinski definition) is 1. The van der Waals surface area contributed by atoms with Crippen molar-refractivity contribution < 1.29 is 4.79 Å². The molecule has 0 fully saturated rings. The Morgan fingerprint density at radius 2 is 2.18 bits per heavy atom. The lowest BCUT2D eigenvalue weighted by Gasteiger charge is -2.01. The summed E-state index contributed by atoms with van der Waals surface area (Å²) in [6, 6.07) is 3.48. The van der Waals surface area contributed by atoms with Crippen LogP contribution in [0.5, 0.6) is 0 Å². The summed E-state index contributed by atoms with van der Waals surface area (Å²) in [6.07, 6.45) is 1.60. The van der Waals surface area contributed by atoms with Crippen LogP contribution in [0.15, 0.2) is 18.3 Å². The minimum atomic E-state index is -0.306. The van der Waals surface area contributed by atoms with Crippen LogP contribution in [0.1, 0.15) is 21.9 Å². The molecular weight excluding hydrogens is 218 g/mol. The van der Waals surface area contributed by atoms with Crippen molar-refractivity contribution in [3.05, 3.63) is 35.4 Å². The van der Waals surface area contributed by atoms with E-state index in [0.29, 0.717) is 11.6 Å². The molecule has 6 heteroatoms. The van der Waals surface area contributed by atoms with Gasteiger partial charge in [-0.15, -0.1) is 0 Å². The van der Waals surface area contributed by atoms with Gasteiger partial charge in [-0.05, 0) is 26.0 Å². The average molecular weight is 231 g/mol. The molecule has 0 atom stereocenters. The first kappa shape index (κ1) is 11.3. The number of rotatable bonds is 2. The Morgan fingerprint density at radius 3 is 2.76 bits per heavy atom. The molecule has 0 aliphatic heterocycles. The van der Waals surface area contributed by atoms with Crippen molar-refractivity contribution in [3.8, 4) is 0 Å². The Bertz CT molecular complexity index is 541. The normalized spacial score (nSPS) is 10.3. The maximum Gasteiger partial charge on any atom is 0.278 e. The van der Waals surface area contributed by atoms with Crippen LogP contribution in [0.2, 0.25) is 0 Å². The van der Waals surface area contributed by atoms with Gasteiger partial charge in [-0.2, -0.15) is 5.10 Å². The van der Waals surface area contributed by atoms with E-state index in [1.807, 2.05) is 13.8 Å². The van der Waals surface area contributed by atoms with Crippen LogP contribution in [0, 0.1) is 13.8 Å². The highest BCUT2D eigenvalue weighted by atomic mass is 16.2. The highest BCUT2D eigenvalue weighted by Gasteiger charge is 2.12. The maximum absolute atomic E-state index is 11.8. The number of carbonyl (C=O) groups excluding carboxylic acids is 1. The molecule has 0 unspecified atom stereocenters. The van der Waals surface area contributed by atoms with Gasteiger partial charge in [0.15, 0.2) is 5.69 Å². The molecule has 0 spiro atoms. The Hall–Kier alpha value is -2.24. The van der Waals surface area contributed by atoms with E-state index in [-0.39, 0.29) is 5.91 Å². The summed E-state index contributed by atoms with van der Waals surface area (Å²) in [5.74, 6) is -0.0161. The highest BCUT2D eigenvalue weighted by Crippen LogP contribution is 2.05. The molecule has 0 aliphatic carbocycles. The lowest BCUT2D eigenvalue weighted by atomic mass is 10.3. The van der Waals surface area contributed by atoms with Gasteiger partial charge in [0.1, 0.15) is 0 Å². The molecule has 2 rings (SSSR count). The molecule has 0 saturated carbocycles. The summed E-state index contributed by atoms with van der Waals surface area (Å²) in [4.78, 5) is 19.9. The second-order valence-electron chi connectivity index (χ2n) is 3.77. The van der Waals surface area contributed by atoms with Gasteiger partial charge in [0.2, 0.25) is 5.95 Å². The third-order valence-electron chi connectivity index (χ3n) is 2.37. The van der Waals surface area contributed by atoms with E-state index in [1.54, 1.807) is 30.1 Å². The molecule has 0 aliphatic rings. The fraction of sp³-hybridized carbons (Fsp3) is 0.273. The Kier molecular flexibility index (Phi) is 2.86. The van der Waals surface area contributed by atoms with Crippen LogP contribution in [0.3, 0.4) is 0 Å². The first-order valence-corrected chi connectivity index (χ1v) is 5.18. The second-order valence-corrected chi connectivity index (χ2v) is 3.77. The van der Waals surface area contributed by atoms with Crippen LogP contribution in [-0.4, -0.2) is 25.7 Å². The maximum atomic E-state index is 11.8. The summed E-state index contributed by atoms with van der Waals surface area (Å²) in [6.45, 7) is 3.72. The van der Waals surface area contributed by atoms with Gasteiger partial charge >= 0.3 is 0 Å². The molecule has 0 bridgehead atoms. The van der Waals surface area contributed by atoms with Gasteiger partial charge in [0, 0.05) is 24.6 Å². The standard InChI is InChI=1S/C11H13N5O/c1-7-4-5-12-11(13-7)14-10(17)9-6-8(2)16(3)15-9/h4-6H,1-3H3,(H,12,13,14,17). The second kappa shape index (κ2) is 4.32. The van der Waals surface area contributed by atoms with Crippen molar-refractivity contribution in [2.75, 3.05) is 5.32 Å². The predicted molar refractivity (Wildman–Crippen MR) is 62.7 cm³/mol. The van der Waals surface area contributed by atoms with E-state index >= 15 is 0 Å². The van der Waals surface area contributed by atoms with Gasteiger partial charge < -0.3 is 0 Å². The first-order chi connectivity index (χ1) is 8.06. The molecule has 88 valence electrons. The minimum Gasteiger partial charge on any atom is -0.289 e. The first-order valence-electron chi connectivity index (χ1n) is 5.18. The number of anilines is 1. The van der Waals surface area contributed by atoms with Crippen molar-refractivity contribution in [1.82, 2.24) is 19.7 Å². The summed E-state index contributed by atoms with van der Waals surface area (Å²) in [5, 5.41) is 6.68. The summed E-state index contributed by atoms with van der Waals surface area (Å²) in [7, 11) is 1.79. The monoisotopic (exact) mass is 231 g/mol. The van der Waals surface area contributed by atoms with E-state index in [4.69, 9.17) is 0 Å². The number of carbonyl (C=O) groups is 1. The fourth-order valence-corrected chi connectivity index (χ4v) is 1.35. The quantitative estimate of drug-likeness (QED) is 0.839. The number of nitrogens with one attached hydrogen (secondary N) is 1. The fourth-order valence-electron chi connectivity index (χ4n) is 1.35. The molecule has 2 aromatic heterocycles. The number of amides is 1. The number of hydrogen-bond acceptors (Lipinski definition) is 4. The van der Waals surface area contributed by atoms with Crippen molar-refractivity contribution in [2.45, 2.75) is 13.8 Å². The Balaban J connectivity index is 2.17. The zero-order chi connectivity index (χ0) is 12.4. The number of nitrogens with zero attached hydrogens (tertiary/aromatic N) is 4. The van der Waals surface area contributed by atoms with Gasteiger partial charge in [-0.3, -0.25) is 14.8 Å². The van der Waals surface area contributed by atoms with Gasteiger partial charge in [0.25, 0.3) is 5.91 Å². The third-order valence-corrected chi connectivity index (χ3v) is 2.37. The van der Waals surface area contributed by atoms with Crippen molar-refractivity contribution in [2.24, 2.45) is 7.05 Å². The van der Waals surface area contributed by atoms with Crippen molar-refractivity contribution >= 4 is 11.9 Å². The molecule has 6 nitrogen and oxygen atoms in total. The number of aryl methyl sites for hydroxylation is 3. The minimum absolute atomic E-state index is 0.290. The lowest BCUT2D eigenvalue weighted by molar-refractivity contribution is 0.102. The summed E-state index contributed by atoms with van der Waals surface area (Å²) < 4.78 is 1.64. The van der Waals surface area contributed by atoms with E-state index in [2.05, 4.69) is 20.4 Å². The molecule has 1 amide bonds. The zero-order valence-electron chi connectivity index (χ0n) is 9.93. The van der Waals surface area contributed by atoms with Crippen molar-refractivity contribution in [1.29, 1.82) is 0 Å². The predicted octanol–water partition coefficient (Wildman–Crippen LogP) is 1.08. The molecule has 0 aromatic carbocycles. The smallest absolute Gasteiger partial charge is 0.278 e. The zero-order valence-corrected chi connectivity index (χ0v) is 9.93. The van der Waals surface area contributed by atoms with E-state index in [1.165, 1.54) is 0 Å². The van der Waals surface area contributed by atoms with E-state index < -0.39 is 0 Å². The van der Waals surface area contributed by atoms with Crippen LogP contribution >= 0.6 is 0 Å². The van der Waals surface area contributed by atoms with Crippen LogP contribution in [0.4, 0.5) is 5.95 Å². The van der Waals surface area contributed by atoms with Gasteiger partial charge in [0.05, 0.1) is 0 Å². The molecule has 2 aromatic rings. The van der Waals surface area contributed by atoms with E-state index in [0.717, 1.165) is 11.4 Å². The van der Waals surface area contributed by atoms with Crippen LogP contribution < -0.4 is 5.32 Å². The molecule has 0 radical (unpaired) electrons. The Labute approximate surface area is 98.7 Å². The molecule has 17 heavy (non-hydrogen) atoms. The van der Waals surface area contributed by atoms with Gasteiger partial charge in [-0.1, -0.05) is 0 Å².